The van der Waals surface area contributed by atoms with Gasteiger partial charge in [-0.1, -0.05) is 47.5 Å². The Morgan fingerprint density at radius 3 is 2.41 bits per heavy atom. The minimum Gasteiger partial charge on any atom is -0.256 e. The monoisotopic (exact) mass is 243 g/mol. The fraction of sp³-hybridized carbons (Fsp3) is 0.133. The van der Waals surface area contributed by atoms with E-state index in [2.05, 4.69) is 36.2 Å². The first-order valence-electron chi connectivity index (χ1n) is 5.52. The Labute approximate surface area is 107 Å². The van der Waals surface area contributed by atoms with Crippen LogP contribution in [-0.4, -0.2) is 6.21 Å². The summed E-state index contributed by atoms with van der Waals surface area (Å²) in [5.41, 5.74) is 4.27. The smallest absolute Gasteiger partial charge is 0.0673 e. The largest absolute Gasteiger partial charge is 0.256 e. The molecule has 0 aromatic heterocycles. The van der Waals surface area contributed by atoms with Gasteiger partial charge in [0.25, 0.3) is 0 Å². The lowest BCUT2D eigenvalue weighted by Gasteiger charge is -2.01. The van der Waals surface area contributed by atoms with Crippen molar-refractivity contribution < 1.29 is 0 Å². The molecule has 0 radical (unpaired) electrons. The van der Waals surface area contributed by atoms with Gasteiger partial charge in [0.05, 0.1) is 5.69 Å². The molecule has 0 spiro atoms. The topological polar surface area (TPSA) is 12.4 Å². The van der Waals surface area contributed by atoms with Gasteiger partial charge in [0.2, 0.25) is 0 Å². The lowest BCUT2D eigenvalue weighted by Crippen LogP contribution is -1.82. The molecule has 0 aliphatic carbocycles. The van der Waals surface area contributed by atoms with Gasteiger partial charge in [0.1, 0.15) is 0 Å². The van der Waals surface area contributed by atoms with E-state index in [1.54, 1.807) is 0 Å². The zero-order chi connectivity index (χ0) is 12.3. The van der Waals surface area contributed by atoms with Crippen LogP contribution in [0.25, 0.3) is 0 Å². The molecule has 0 aliphatic rings. The first-order valence-corrected chi connectivity index (χ1v) is 5.90. The average Bonchev–Trinajstić information content (AvgIpc) is 2.33. The summed E-state index contributed by atoms with van der Waals surface area (Å²) >= 11 is 6.04. The molecule has 86 valence electrons. The molecular weight excluding hydrogens is 230 g/mol. The highest BCUT2D eigenvalue weighted by molar-refractivity contribution is 6.31. The molecule has 0 bridgehead atoms. The maximum Gasteiger partial charge on any atom is 0.0673 e. The molecule has 0 N–H and O–H groups in total. The van der Waals surface area contributed by atoms with Crippen LogP contribution in [0.5, 0.6) is 0 Å². The lowest BCUT2D eigenvalue weighted by atomic mass is 10.1. The molecule has 0 fully saturated rings. The Balaban J connectivity index is 2.26. The Kier molecular flexibility index (Phi) is 3.60. The van der Waals surface area contributed by atoms with Gasteiger partial charge in [-0.25, -0.2) is 0 Å². The summed E-state index contributed by atoms with van der Waals surface area (Å²) in [5.74, 6) is 0. The van der Waals surface area contributed by atoms with E-state index in [9.17, 15) is 0 Å². The number of hydrogen-bond acceptors (Lipinski definition) is 1. The fourth-order valence-electron chi connectivity index (χ4n) is 1.53. The number of nitrogens with zero attached hydrogens (tertiary/aromatic N) is 1. The second kappa shape index (κ2) is 5.15. The summed E-state index contributed by atoms with van der Waals surface area (Å²) in [6.45, 7) is 4.05. The SMILES string of the molecule is Cc1ccc(C=Nc2cccc(Cl)c2C)cc1. The second-order valence-corrected chi connectivity index (χ2v) is 4.46. The number of benzene rings is 2. The zero-order valence-electron chi connectivity index (χ0n) is 9.94. The van der Waals surface area contributed by atoms with Gasteiger partial charge >= 0.3 is 0 Å². The molecule has 0 saturated carbocycles. The number of halogens is 1. The third-order valence-electron chi connectivity index (χ3n) is 2.67. The molecule has 0 unspecified atom stereocenters. The molecule has 2 rings (SSSR count). The van der Waals surface area contributed by atoms with Crippen LogP contribution in [-0.2, 0) is 0 Å². The van der Waals surface area contributed by atoms with Crippen LogP contribution < -0.4 is 0 Å². The summed E-state index contributed by atoms with van der Waals surface area (Å²) in [6.07, 6.45) is 1.86. The van der Waals surface area contributed by atoms with Crippen LogP contribution in [0.2, 0.25) is 5.02 Å². The maximum absolute atomic E-state index is 6.04. The summed E-state index contributed by atoms with van der Waals surface area (Å²) < 4.78 is 0. The summed E-state index contributed by atoms with van der Waals surface area (Å²) in [7, 11) is 0. The number of aliphatic imine (C=N–C) groups is 1. The number of hydrogen-bond donors (Lipinski definition) is 0. The van der Waals surface area contributed by atoms with E-state index >= 15 is 0 Å². The molecule has 0 aliphatic heterocycles. The summed E-state index contributed by atoms with van der Waals surface area (Å²) in [5, 5.41) is 0.753. The van der Waals surface area contributed by atoms with Crippen molar-refractivity contribution in [1.29, 1.82) is 0 Å². The van der Waals surface area contributed by atoms with Crippen molar-refractivity contribution in [2.75, 3.05) is 0 Å². The Morgan fingerprint density at radius 2 is 1.71 bits per heavy atom. The van der Waals surface area contributed by atoms with E-state index in [-0.39, 0.29) is 0 Å². The Hall–Kier alpha value is -1.60. The molecule has 0 atom stereocenters. The summed E-state index contributed by atoms with van der Waals surface area (Å²) in [4.78, 5) is 4.46. The quantitative estimate of drug-likeness (QED) is 0.678. The Morgan fingerprint density at radius 1 is 1.00 bits per heavy atom. The third kappa shape index (κ3) is 2.95. The molecule has 0 saturated heterocycles. The van der Waals surface area contributed by atoms with Crippen molar-refractivity contribution in [1.82, 2.24) is 0 Å². The van der Waals surface area contributed by atoms with Crippen LogP contribution in [0.4, 0.5) is 5.69 Å². The van der Waals surface area contributed by atoms with E-state index in [0.717, 1.165) is 21.8 Å². The second-order valence-electron chi connectivity index (χ2n) is 4.05. The van der Waals surface area contributed by atoms with Crippen molar-refractivity contribution in [3.05, 3.63) is 64.2 Å². The molecule has 1 nitrogen and oxygen atoms in total. The minimum atomic E-state index is 0.753. The predicted molar refractivity (Wildman–Crippen MR) is 74.6 cm³/mol. The van der Waals surface area contributed by atoms with Crippen molar-refractivity contribution in [2.24, 2.45) is 4.99 Å². The summed E-state index contributed by atoms with van der Waals surface area (Å²) in [6, 6.07) is 14.0. The van der Waals surface area contributed by atoms with Crippen molar-refractivity contribution in [3.8, 4) is 0 Å². The van der Waals surface area contributed by atoms with Crippen molar-refractivity contribution in [3.63, 3.8) is 0 Å². The highest BCUT2D eigenvalue weighted by atomic mass is 35.5. The number of aryl methyl sites for hydroxylation is 1. The van der Waals surface area contributed by atoms with Gasteiger partial charge in [-0.15, -0.1) is 0 Å². The van der Waals surface area contributed by atoms with Gasteiger partial charge < -0.3 is 0 Å². The maximum atomic E-state index is 6.04. The van der Waals surface area contributed by atoms with E-state index in [4.69, 9.17) is 11.6 Å². The zero-order valence-corrected chi connectivity index (χ0v) is 10.7. The molecule has 2 aromatic rings. The first kappa shape index (κ1) is 11.9. The standard InChI is InChI=1S/C15H14ClN/c1-11-6-8-13(9-7-11)10-17-15-5-3-4-14(16)12(15)2/h3-10H,1-2H3. The molecule has 2 heteroatoms. The van der Waals surface area contributed by atoms with E-state index in [1.807, 2.05) is 31.3 Å². The minimum absolute atomic E-state index is 0.753. The van der Waals surface area contributed by atoms with Crippen LogP contribution in [0, 0.1) is 13.8 Å². The predicted octanol–water partition coefficient (Wildman–Crippen LogP) is 4.71. The van der Waals surface area contributed by atoms with Crippen LogP contribution >= 0.6 is 11.6 Å². The van der Waals surface area contributed by atoms with Gasteiger partial charge in [-0.05, 0) is 37.1 Å². The highest BCUT2D eigenvalue weighted by Gasteiger charge is 1.99. The van der Waals surface area contributed by atoms with Gasteiger partial charge in [0.15, 0.2) is 0 Å². The van der Waals surface area contributed by atoms with Crippen molar-refractivity contribution >= 4 is 23.5 Å². The van der Waals surface area contributed by atoms with E-state index in [0.29, 0.717) is 0 Å². The fourth-order valence-corrected chi connectivity index (χ4v) is 1.70. The Bertz CT molecular complexity index is 541. The van der Waals surface area contributed by atoms with Crippen LogP contribution in [0.1, 0.15) is 16.7 Å². The third-order valence-corrected chi connectivity index (χ3v) is 3.08. The van der Waals surface area contributed by atoms with Crippen molar-refractivity contribution in [2.45, 2.75) is 13.8 Å². The molecular formula is C15H14ClN. The van der Waals surface area contributed by atoms with Gasteiger partial charge in [-0.2, -0.15) is 0 Å². The van der Waals surface area contributed by atoms with Crippen LogP contribution in [0.15, 0.2) is 47.5 Å². The van der Waals surface area contributed by atoms with Gasteiger partial charge in [0, 0.05) is 11.2 Å². The van der Waals surface area contributed by atoms with E-state index in [1.165, 1.54) is 5.56 Å². The first-order chi connectivity index (χ1) is 8.16. The lowest BCUT2D eigenvalue weighted by molar-refractivity contribution is 1.40. The normalized spacial score (nSPS) is 11.0. The molecule has 0 amide bonds. The number of rotatable bonds is 2. The highest BCUT2D eigenvalue weighted by Crippen LogP contribution is 2.25. The molecule has 0 heterocycles. The molecule has 17 heavy (non-hydrogen) atoms. The van der Waals surface area contributed by atoms with Gasteiger partial charge in [-0.3, -0.25) is 4.99 Å². The van der Waals surface area contributed by atoms with E-state index < -0.39 is 0 Å². The average molecular weight is 244 g/mol. The van der Waals surface area contributed by atoms with Crippen LogP contribution in [0.3, 0.4) is 0 Å². The molecule has 2 aromatic carbocycles.